The smallest absolute Gasteiger partial charge is 0.311 e. The van der Waals surface area contributed by atoms with Gasteiger partial charge in [-0.25, -0.2) is 0 Å². The van der Waals surface area contributed by atoms with Gasteiger partial charge in [0.05, 0.1) is 5.69 Å². The summed E-state index contributed by atoms with van der Waals surface area (Å²) >= 11 is 0. The molecule has 0 aliphatic heterocycles. The summed E-state index contributed by atoms with van der Waals surface area (Å²) < 4.78 is 38.0. The predicted octanol–water partition coefficient (Wildman–Crippen LogP) is 3.20. The van der Waals surface area contributed by atoms with Gasteiger partial charge in [-0.1, -0.05) is 30.3 Å². The van der Waals surface area contributed by atoms with Gasteiger partial charge in [0, 0.05) is 12.7 Å². The molecule has 2 rings (SSSR count). The molecule has 0 radical (unpaired) electrons. The molecule has 116 valence electrons. The van der Waals surface area contributed by atoms with E-state index >= 15 is 0 Å². The van der Waals surface area contributed by atoms with Crippen LogP contribution in [-0.2, 0) is 19.5 Å². The Kier molecular flexibility index (Phi) is 6.71. The summed E-state index contributed by atoms with van der Waals surface area (Å²) in [6.07, 6.45) is -2.01. The SMILES string of the molecule is Cl.FC(F)(F)Cn1nccc1CNCCc1ccccc1. The van der Waals surface area contributed by atoms with Gasteiger partial charge in [0.2, 0.25) is 0 Å². The number of benzene rings is 1. The summed E-state index contributed by atoms with van der Waals surface area (Å²) in [5.41, 5.74) is 1.74. The predicted molar refractivity (Wildman–Crippen MR) is 77.4 cm³/mol. The fourth-order valence-electron chi connectivity index (χ4n) is 1.92. The van der Waals surface area contributed by atoms with E-state index in [9.17, 15) is 13.2 Å². The van der Waals surface area contributed by atoms with Crippen LogP contribution < -0.4 is 5.32 Å². The zero-order valence-electron chi connectivity index (χ0n) is 11.3. The first-order valence-corrected chi connectivity index (χ1v) is 6.37. The Morgan fingerprint density at radius 1 is 1.10 bits per heavy atom. The van der Waals surface area contributed by atoms with Gasteiger partial charge in [-0.05, 0) is 24.6 Å². The van der Waals surface area contributed by atoms with Crippen molar-refractivity contribution in [3.63, 3.8) is 0 Å². The van der Waals surface area contributed by atoms with Gasteiger partial charge >= 0.3 is 6.18 Å². The van der Waals surface area contributed by atoms with E-state index in [0.717, 1.165) is 11.1 Å². The molecule has 0 unspecified atom stereocenters. The molecule has 21 heavy (non-hydrogen) atoms. The molecule has 1 N–H and O–H groups in total. The van der Waals surface area contributed by atoms with Crippen molar-refractivity contribution >= 4 is 12.4 Å². The Bertz CT molecular complexity index is 526. The number of alkyl halides is 3. The van der Waals surface area contributed by atoms with E-state index in [0.29, 0.717) is 18.8 Å². The number of rotatable bonds is 6. The second-order valence-corrected chi connectivity index (χ2v) is 4.51. The standard InChI is InChI=1S/C14H16F3N3.ClH/c15-14(16,17)11-20-13(7-9-19-20)10-18-8-6-12-4-2-1-3-5-12;/h1-5,7,9,18H,6,8,10-11H2;1H. The average molecular weight is 320 g/mol. The van der Waals surface area contributed by atoms with Gasteiger partial charge in [0.15, 0.2) is 0 Å². The third-order valence-electron chi connectivity index (χ3n) is 2.87. The van der Waals surface area contributed by atoms with Crippen molar-refractivity contribution in [1.82, 2.24) is 15.1 Å². The van der Waals surface area contributed by atoms with Crippen LogP contribution in [0.4, 0.5) is 13.2 Å². The minimum absolute atomic E-state index is 0. The number of halogens is 4. The van der Waals surface area contributed by atoms with Crippen LogP contribution in [0.15, 0.2) is 42.6 Å². The zero-order valence-corrected chi connectivity index (χ0v) is 12.1. The van der Waals surface area contributed by atoms with Gasteiger partial charge in [-0.2, -0.15) is 18.3 Å². The Labute approximate surface area is 127 Å². The van der Waals surface area contributed by atoms with E-state index in [-0.39, 0.29) is 12.4 Å². The molecule has 0 saturated carbocycles. The topological polar surface area (TPSA) is 29.9 Å². The highest BCUT2D eigenvalue weighted by atomic mass is 35.5. The average Bonchev–Trinajstić information content (AvgIpc) is 2.81. The Hall–Kier alpha value is -1.53. The first-order chi connectivity index (χ1) is 9.54. The molecule has 0 atom stereocenters. The van der Waals surface area contributed by atoms with Crippen molar-refractivity contribution in [3.8, 4) is 0 Å². The van der Waals surface area contributed by atoms with E-state index in [1.165, 1.54) is 11.8 Å². The quantitative estimate of drug-likeness (QED) is 0.829. The minimum Gasteiger partial charge on any atom is -0.311 e. The number of hydrogen-bond acceptors (Lipinski definition) is 2. The molecule has 1 aromatic carbocycles. The molecule has 7 heteroatoms. The van der Waals surface area contributed by atoms with Crippen molar-refractivity contribution < 1.29 is 13.2 Å². The van der Waals surface area contributed by atoms with Crippen LogP contribution in [0, 0.1) is 0 Å². The molecule has 1 heterocycles. The molecular weight excluding hydrogens is 303 g/mol. The van der Waals surface area contributed by atoms with E-state index in [1.807, 2.05) is 30.3 Å². The molecule has 1 aromatic heterocycles. The normalized spacial score (nSPS) is 11.2. The van der Waals surface area contributed by atoms with Gasteiger partial charge in [-0.3, -0.25) is 4.68 Å². The first-order valence-electron chi connectivity index (χ1n) is 6.37. The summed E-state index contributed by atoms with van der Waals surface area (Å²) in [5.74, 6) is 0. The summed E-state index contributed by atoms with van der Waals surface area (Å²) in [6, 6.07) is 11.5. The molecule has 0 aliphatic rings. The molecule has 0 spiro atoms. The number of aromatic nitrogens is 2. The minimum atomic E-state index is -4.25. The second-order valence-electron chi connectivity index (χ2n) is 4.51. The van der Waals surface area contributed by atoms with Crippen LogP contribution in [0.25, 0.3) is 0 Å². The molecular formula is C14H17ClF3N3. The van der Waals surface area contributed by atoms with Crippen LogP contribution >= 0.6 is 12.4 Å². The fourth-order valence-corrected chi connectivity index (χ4v) is 1.92. The third kappa shape index (κ3) is 6.18. The van der Waals surface area contributed by atoms with Gasteiger partial charge in [0.25, 0.3) is 0 Å². The van der Waals surface area contributed by atoms with Crippen molar-refractivity contribution in [1.29, 1.82) is 0 Å². The van der Waals surface area contributed by atoms with E-state index in [4.69, 9.17) is 0 Å². The molecule has 0 saturated heterocycles. The molecule has 3 nitrogen and oxygen atoms in total. The Balaban J connectivity index is 0.00000220. The lowest BCUT2D eigenvalue weighted by Gasteiger charge is -2.11. The van der Waals surface area contributed by atoms with Crippen molar-refractivity contribution in [2.24, 2.45) is 0 Å². The third-order valence-corrected chi connectivity index (χ3v) is 2.87. The van der Waals surface area contributed by atoms with Gasteiger partial charge in [-0.15, -0.1) is 12.4 Å². The van der Waals surface area contributed by atoms with E-state index in [2.05, 4.69) is 10.4 Å². The first kappa shape index (κ1) is 17.5. The van der Waals surface area contributed by atoms with E-state index < -0.39 is 12.7 Å². The highest BCUT2D eigenvalue weighted by Gasteiger charge is 2.29. The highest BCUT2D eigenvalue weighted by Crippen LogP contribution is 2.17. The maximum atomic E-state index is 12.3. The number of nitrogens with zero attached hydrogens (tertiary/aromatic N) is 2. The molecule has 0 bridgehead atoms. The summed E-state index contributed by atoms with van der Waals surface area (Å²) in [7, 11) is 0. The maximum Gasteiger partial charge on any atom is 0.408 e. The van der Waals surface area contributed by atoms with Crippen molar-refractivity contribution in [2.45, 2.75) is 25.7 Å². The van der Waals surface area contributed by atoms with Crippen LogP contribution in [0.2, 0.25) is 0 Å². The molecule has 0 amide bonds. The largest absolute Gasteiger partial charge is 0.408 e. The van der Waals surface area contributed by atoms with E-state index in [1.54, 1.807) is 6.07 Å². The highest BCUT2D eigenvalue weighted by molar-refractivity contribution is 5.85. The fraction of sp³-hybridized carbons (Fsp3) is 0.357. The molecule has 0 fully saturated rings. The summed E-state index contributed by atoms with van der Waals surface area (Å²) in [5, 5.41) is 6.83. The Morgan fingerprint density at radius 2 is 1.81 bits per heavy atom. The lowest BCUT2D eigenvalue weighted by molar-refractivity contribution is -0.143. The maximum absolute atomic E-state index is 12.3. The molecule has 2 aromatic rings. The zero-order chi connectivity index (χ0) is 14.4. The van der Waals surface area contributed by atoms with Crippen molar-refractivity contribution in [2.75, 3.05) is 6.54 Å². The summed E-state index contributed by atoms with van der Waals surface area (Å²) in [6.45, 7) is 0.0415. The van der Waals surface area contributed by atoms with Crippen LogP contribution in [0.3, 0.4) is 0 Å². The van der Waals surface area contributed by atoms with Crippen LogP contribution in [0.5, 0.6) is 0 Å². The van der Waals surface area contributed by atoms with Crippen LogP contribution in [0.1, 0.15) is 11.3 Å². The summed E-state index contributed by atoms with van der Waals surface area (Å²) in [4.78, 5) is 0. The number of hydrogen-bond donors (Lipinski definition) is 1. The lowest BCUT2D eigenvalue weighted by Crippen LogP contribution is -2.24. The van der Waals surface area contributed by atoms with Crippen LogP contribution in [-0.4, -0.2) is 22.5 Å². The van der Waals surface area contributed by atoms with Gasteiger partial charge < -0.3 is 5.32 Å². The lowest BCUT2D eigenvalue weighted by atomic mass is 10.1. The number of nitrogens with one attached hydrogen (secondary N) is 1. The second kappa shape index (κ2) is 8.05. The van der Waals surface area contributed by atoms with Crippen molar-refractivity contribution in [3.05, 3.63) is 53.9 Å². The Morgan fingerprint density at radius 3 is 2.48 bits per heavy atom. The molecule has 0 aliphatic carbocycles. The van der Waals surface area contributed by atoms with Gasteiger partial charge in [0.1, 0.15) is 6.54 Å². The monoisotopic (exact) mass is 319 g/mol.